The number of halogens is 3. The smallest absolute Gasteiger partial charge is 0.127 e. The summed E-state index contributed by atoms with van der Waals surface area (Å²) in [5, 5.41) is 4.53. The third kappa shape index (κ3) is 4.34. The Bertz CT molecular complexity index is 867. The number of hydrogen-bond acceptors (Lipinski definition) is 3. The van der Waals surface area contributed by atoms with E-state index in [9.17, 15) is 0 Å². The van der Waals surface area contributed by atoms with E-state index in [1.807, 2.05) is 36.4 Å². The molecule has 3 aromatic carbocycles. The standard InChI is InChI=1S/C21H18Cl3O3P/c1-25-16-7-4-13(22)10-19(16)28(20-11-14(23)5-8-17(20)26-2)21-12-15(24)6-9-18(21)27-3/h4-12H,1-3H3. The summed E-state index contributed by atoms with van der Waals surface area (Å²) in [4.78, 5) is 0. The normalized spacial score (nSPS) is 10.8. The summed E-state index contributed by atoms with van der Waals surface area (Å²) in [6.45, 7) is 0. The topological polar surface area (TPSA) is 27.7 Å². The van der Waals surface area contributed by atoms with Gasteiger partial charge in [0.25, 0.3) is 0 Å². The van der Waals surface area contributed by atoms with Crippen LogP contribution in [-0.4, -0.2) is 21.3 Å². The first-order valence-electron chi connectivity index (χ1n) is 8.29. The van der Waals surface area contributed by atoms with Crippen LogP contribution in [0.25, 0.3) is 0 Å². The fourth-order valence-electron chi connectivity index (χ4n) is 2.90. The zero-order valence-corrected chi connectivity index (χ0v) is 18.7. The van der Waals surface area contributed by atoms with Crippen molar-refractivity contribution in [1.82, 2.24) is 0 Å². The average Bonchev–Trinajstić information content (AvgIpc) is 2.69. The van der Waals surface area contributed by atoms with Crippen molar-refractivity contribution in [3.05, 3.63) is 69.7 Å². The first-order valence-corrected chi connectivity index (χ1v) is 10.8. The summed E-state index contributed by atoms with van der Waals surface area (Å²) in [6, 6.07) is 16.6. The Hall–Kier alpha value is -1.64. The lowest BCUT2D eigenvalue weighted by molar-refractivity contribution is 0.416. The molecule has 0 radical (unpaired) electrons. The second-order valence-electron chi connectivity index (χ2n) is 5.78. The Morgan fingerprint density at radius 3 is 1.07 bits per heavy atom. The number of methoxy groups -OCH3 is 3. The summed E-state index contributed by atoms with van der Waals surface area (Å²) < 4.78 is 16.9. The molecule has 0 saturated carbocycles. The molecule has 0 heterocycles. The summed E-state index contributed by atoms with van der Waals surface area (Å²) in [5.41, 5.74) is 0. The molecule has 0 aliphatic rings. The van der Waals surface area contributed by atoms with Crippen LogP contribution in [0.15, 0.2) is 54.6 Å². The van der Waals surface area contributed by atoms with Crippen molar-refractivity contribution in [3.8, 4) is 17.2 Å². The molecule has 0 aliphatic heterocycles. The molecule has 0 fully saturated rings. The van der Waals surface area contributed by atoms with Gasteiger partial charge >= 0.3 is 0 Å². The molecule has 3 nitrogen and oxygen atoms in total. The lowest BCUT2D eigenvalue weighted by atomic mass is 10.3. The Morgan fingerprint density at radius 1 is 0.536 bits per heavy atom. The van der Waals surface area contributed by atoms with E-state index in [0.717, 1.165) is 15.9 Å². The van der Waals surface area contributed by atoms with Gasteiger partial charge in [-0.1, -0.05) is 34.8 Å². The Kier molecular flexibility index (Phi) is 6.95. The van der Waals surface area contributed by atoms with Crippen LogP contribution in [0.1, 0.15) is 0 Å². The van der Waals surface area contributed by atoms with E-state index in [0.29, 0.717) is 32.3 Å². The largest absolute Gasteiger partial charge is 0.496 e. The third-order valence-electron chi connectivity index (χ3n) is 4.15. The molecular formula is C21H18Cl3O3P. The molecule has 3 rings (SSSR count). The number of hydrogen-bond donors (Lipinski definition) is 0. The molecule has 7 heteroatoms. The van der Waals surface area contributed by atoms with E-state index >= 15 is 0 Å². The molecule has 0 bridgehead atoms. The molecular weight excluding hydrogens is 438 g/mol. The minimum atomic E-state index is -1.20. The molecule has 0 amide bonds. The second kappa shape index (κ2) is 9.24. The van der Waals surface area contributed by atoms with E-state index in [1.54, 1.807) is 39.5 Å². The summed E-state index contributed by atoms with van der Waals surface area (Å²) in [6.07, 6.45) is 0. The van der Waals surface area contributed by atoms with E-state index in [2.05, 4.69) is 0 Å². The Morgan fingerprint density at radius 2 is 0.821 bits per heavy atom. The SMILES string of the molecule is COc1ccc(Cl)cc1P(c1cc(Cl)ccc1OC)c1cc(Cl)ccc1OC. The van der Waals surface area contributed by atoms with Gasteiger partial charge in [-0.15, -0.1) is 0 Å². The van der Waals surface area contributed by atoms with Crippen LogP contribution in [-0.2, 0) is 0 Å². The predicted molar refractivity (Wildman–Crippen MR) is 120 cm³/mol. The molecule has 0 saturated heterocycles. The van der Waals surface area contributed by atoms with E-state index in [4.69, 9.17) is 49.0 Å². The van der Waals surface area contributed by atoms with Crippen molar-refractivity contribution in [1.29, 1.82) is 0 Å². The van der Waals surface area contributed by atoms with Gasteiger partial charge < -0.3 is 14.2 Å². The fourth-order valence-corrected chi connectivity index (χ4v) is 6.39. The lowest BCUT2D eigenvalue weighted by Crippen LogP contribution is -2.24. The maximum Gasteiger partial charge on any atom is 0.127 e. The van der Waals surface area contributed by atoms with Crippen LogP contribution in [0.3, 0.4) is 0 Å². The summed E-state index contributed by atoms with van der Waals surface area (Å²) in [7, 11) is 3.69. The second-order valence-corrected chi connectivity index (χ2v) is 9.21. The van der Waals surface area contributed by atoms with E-state index < -0.39 is 7.92 Å². The Labute approximate surface area is 180 Å². The van der Waals surface area contributed by atoms with Crippen LogP contribution < -0.4 is 30.1 Å². The molecule has 0 N–H and O–H groups in total. The number of benzene rings is 3. The van der Waals surface area contributed by atoms with Crippen LogP contribution in [0.5, 0.6) is 17.2 Å². The van der Waals surface area contributed by atoms with Gasteiger partial charge in [0.15, 0.2) is 0 Å². The molecule has 3 aromatic rings. The van der Waals surface area contributed by atoms with E-state index in [1.165, 1.54) is 0 Å². The van der Waals surface area contributed by atoms with Gasteiger partial charge in [0.2, 0.25) is 0 Å². The van der Waals surface area contributed by atoms with Crippen molar-refractivity contribution in [2.24, 2.45) is 0 Å². The van der Waals surface area contributed by atoms with Crippen molar-refractivity contribution < 1.29 is 14.2 Å². The highest BCUT2D eigenvalue weighted by Crippen LogP contribution is 2.43. The number of ether oxygens (including phenoxy) is 3. The van der Waals surface area contributed by atoms with Gasteiger partial charge in [-0.2, -0.15) is 0 Å². The zero-order valence-electron chi connectivity index (χ0n) is 15.5. The number of rotatable bonds is 6. The van der Waals surface area contributed by atoms with Gasteiger partial charge in [0.1, 0.15) is 17.2 Å². The molecule has 0 atom stereocenters. The maximum absolute atomic E-state index is 6.34. The first-order chi connectivity index (χ1) is 13.5. The highest BCUT2D eigenvalue weighted by Gasteiger charge is 2.27. The average molecular weight is 456 g/mol. The van der Waals surface area contributed by atoms with E-state index in [-0.39, 0.29) is 0 Å². The first kappa shape index (κ1) is 21.1. The molecule has 146 valence electrons. The maximum atomic E-state index is 6.34. The third-order valence-corrected chi connectivity index (χ3v) is 7.34. The molecule has 0 aliphatic carbocycles. The van der Waals surface area contributed by atoms with Gasteiger partial charge in [-0.25, -0.2) is 0 Å². The molecule has 0 spiro atoms. The van der Waals surface area contributed by atoms with Gasteiger partial charge in [0, 0.05) is 31.0 Å². The monoisotopic (exact) mass is 454 g/mol. The highest BCUT2D eigenvalue weighted by atomic mass is 35.5. The van der Waals surface area contributed by atoms with Crippen LogP contribution in [0, 0.1) is 0 Å². The lowest BCUT2D eigenvalue weighted by Gasteiger charge is -2.25. The van der Waals surface area contributed by atoms with Gasteiger partial charge in [-0.05, 0) is 62.5 Å². The van der Waals surface area contributed by atoms with Crippen molar-refractivity contribution in [2.75, 3.05) is 21.3 Å². The zero-order chi connectivity index (χ0) is 20.3. The van der Waals surface area contributed by atoms with Gasteiger partial charge in [0.05, 0.1) is 21.3 Å². The Balaban J connectivity index is 2.38. The van der Waals surface area contributed by atoms with Crippen LogP contribution in [0.2, 0.25) is 15.1 Å². The van der Waals surface area contributed by atoms with Crippen LogP contribution in [0.4, 0.5) is 0 Å². The predicted octanol–water partition coefficient (Wildman–Crippen LogP) is 5.43. The van der Waals surface area contributed by atoms with Gasteiger partial charge in [-0.3, -0.25) is 0 Å². The fraction of sp³-hybridized carbons (Fsp3) is 0.143. The summed E-state index contributed by atoms with van der Waals surface area (Å²) in [5.74, 6) is 2.12. The van der Waals surface area contributed by atoms with Crippen molar-refractivity contribution in [2.45, 2.75) is 0 Å². The quantitative estimate of drug-likeness (QED) is 0.464. The molecule has 0 unspecified atom stereocenters. The molecule has 0 aromatic heterocycles. The minimum absolute atomic E-state index is 0.602. The van der Waals surface area contributed by atoms with Crippen LogP contribution >= 0.6 is 42.7 Å². The van der Waals surface area contributed by atoms with Crippen molar-refractivity contribution in [3.63, 3.8) is 0 Å². The highest BCUT2D eigenvalue weighted by molar-refractivity contribution is 7.80. The summed E-state index contributed by atoms with van der Waals surface area (Å²) >= 11 is 19.0. The minimum Gasteiger partial charge on any atom is -0.496 e. The molecule has 28 heavy (non-hydrogen) atoms. The van der Waals surface area contributed by atoms with Crippen molar-refractivity contribution >= 4 is 58.6 Å².